The lowest BCUT2D eigenvalue weighted by molar-refractivity contribution is 0.533. The Kier molecular flexibility index (Phi) is 4.51. The van der Waals surface area contributed by atoms with E-state index in [1.807, 2.05) is 18.2 Å². The fourth-order valence-corrected chi connectivity index (χ4v) is 2.22. The standard InChI is InChI=1S/C15H14ClF2N/c16-13-5-2-1-4-10(13)8-11(19)9-12-14(17)6-3-7-15(12)18/h1-7,11H,8-9,19H2. The second-order valence-corrected chi connectivity index (χ2v) is 4.87. The van der Waals surface area contributed by atoms with Crippen LogP contribution in [0.2, 0.25) is 5.02 Å². The van der Waals surface area contributed by atoms with E-state index in [1.165, 1.54) is 18.2 Å². The Hall–Kier alpha value is -1.45. The molecule has 19 heavy (non-hydrogen) atoms. The number of rotatable bonds is 4. The molecular formula is C15H14ClF2N. The van der Waals surface area contributed by atoms with Gasteiger partial charge < -0.3 is 5.73 Å². The molecule has 2 rings (SSSR count). The van der Waals surface area contributed by atoms with Gasteiger partial charge in [-0.2, -0.15) is 0 Å². The first-order chi connectivity index (χ1) is 9.08. The number of nitrogens with two attached hydrogens (primary N) is 1. The van der Waals surface area contributed by atoms with Crippen LogP contribution < -0.4 is 5.73 Å². The van der Waals surface area contributed by atoms with E-state index in [4.69, 9.17) is 17.3 Å². The summed E-state index contributed by atoms with van der Waals surface area (Å²) in [6.07, 6.45) is 0.622. The maximum Gasteiger partial charge on any atom is 0.129 e. The molecule has 1 unspecified atom stereocenters. The average Bonchev–Trinajstić information content (AvgIpc) is 2.37. The molecular weight excluding hydrogens is 268 g/mol. The molecule has 0 bridgehead atoms. The lowest BCUT2D eigenvalue weighted by Crippen LogP contribution is -2.26. The molecule has 1 nitrogen and oxygen atoms in total. The molecule has 0 saturated carbocycles. The zero-order valence-corrected chi connectivity index (χ0v) is 11.0. The topological polar surface area (TPSA) is 26.0 Å². The largest absolute Gasteiger partial charge is 0.327 e. The number of hydrogen-bond donors (Lipinski definition) is 1. The molecule has 0 aliphatic carbocycles. The van der Waals surface area contributed by atoms with E-state index in [0.29, 0.717) is 11.4 Å². The van der Waals surface area contributed by atoms with Crippen molar-refractivity contribution in [2.45, 2.75) is 18.9 Å². The highest BCUT2D eigenvalue weighted by atomic mass is 35.5. The highest BCUT2D eigenvalue weighted by molar-refractivity contribution is 6.31. The highest BCUT2D eigenvalue weighted by Crippen LogP contribution is 2.19. The van der Waals surface area contributed by atoms with Crippen LogP contribution in [0.1, 0.15) is 11.1 Å². The van der Waals surface area contributed by atoms with Gasteiger partial charge in [0.1, 0.15) is 11.6 Å². The van der Waals surface area contributed by atoms with E-state index in [0.717, 1.165) is 5.56 Å². The lowest BCUT2D eigenvalue weighted by atomic mass is 9.99. The van der Waals surface area contributed by atoms with Crippen LogP contribution in [0.15, 0.2) is 42.5 Å². The Labute approximate surface area is 116 Å². The lowest BCUT2D eigenvalue weighted by Gasteiger charge is -2.14. The van der Waals surface area contributed by atoms with Crippen molar-refractivity contribution in [2.75, 3.05) is 0 Å². The molecule has 1 atom stereocenters. The van der Waals surface area contributed by atoms with Gasteiger partial charge in [-0.25, -0.2) is 8.78 Å². The number of halogens is 3. The molecule has 0 aliphatic heterocycles. The molecule has 2 aromatic rings. The van der Waals surface area contributed by atoms with Crippen molar-refractivity contribution >= 4 is 11.6 Å². The molecule has 0 amide bonds. The zero-order valence-electron chi connectivity index (χ0n) is 10.2. The van der Waals surface area contributed by atoms with Crippen LogP contribution in [0.5, 0.6) is 0 Å². The first-order valence-corrected chi connectivity index (χ1v) is 6.37. The summed E-state index contributed by atoms with van der Waals surface area (Å²) in [7, 11) is 0. The normalized spacial score (nSPS) is 12.4. The second-order valence-electron chi connectivity index (χ2n) is 4.46. The van der Waals surface area contributed by atoms with E-state index in [1.54, 1.807) is 6.07 Å². The zero-order chi connectivity index (χ0) is 13.8. The quantitative estimate of drug-likeness (QED) is 0.908. The van der Waals surface area contributed by atoms with Gasteiger partial charge in [-0.05, 0) is 36.6 Å². The minimum atomic E-state index is -0.561. The van der Waals surface area contributed by atoms with Gasteiger partial charge in [0.15, 0.2) is 0 Å². The molecule has 2 N–H and O–H groups in total. The summed E-state index contributed by atoms with van der Waals surface area (Å²) in [5.74, 6) is -1.12. The van der Waals surface area contributed by atoms with E-state index in [2.05, 4.69) is 0 Å². The van der Waals surface area contributed by atoms with Crippen molar-refractivity contribution < 1.29 is 8.78 Å². The van der Waals surface area contributed by atoms with E-state index in [9.17, 15) is 8.78 Å². The minimum Gasteiger partial charge on any atom is -0.327 e. The summed E-state index contributed by atoms with van der Waals surface area (Å²) in [6, 6.07) is 10.7. The molecule has 0 aromatic heterocycles. The third-order valence-corrected chi connectivity index (χ3v) is 3.34. The van der Waals surface area contributed by atoms with Crippen LogP contribution in [0.3, 0.4) is 0 Å². The van der Waals surface area contributed by atoms with E-state index < -0.39 is 11.6 Å². The predicted molar refractivity (Wildman–Crippen MR) is 73.2 cm³/mol. The maximum absolute atomic E-state index is 13.5. The summed E-state index contributed by atoms with van der Waals surface area (Å²) in [6.45, 7) is 0. The third kappa shape index (κ3) is 3.52. The highest BCUT2D eigenvalue weighted by Gasteiger charge is 2.14. The maximum atomic E-state index is 13.5. The van der Waals surface area contributed by atoms with Crippen LogP contribution in [-0.4, -0.2) is 6.04 Å². The van der Waals surface area contributed by atoms with Crippen molar-refractivity contribution in [2.24, 2.45) is 5.73 Å². The molecule has 0 aliphatic rings. The second kappa shape index (κ2) is 6.13. The Balaban J connectivity index is 2.10. The summed E-state index contributed by atoms with van der Waals surface area (Å²) < 4.78 is 27.0. The van der Waals surface area contributed by atoms with Gasteiger partial charge in [0, 0.05) is 16.6 Å². The number of hydrogen-bond acceptors (Lipinski definition) is 1. The summed E-state index contributed by atoms with van der Waals surface area (Å²) in [5.41, 5.74) is 6.86. The van der Waals surface area contributed by atoms with Gasteiger partial charge in [0.05, 0.1) is 0 Å². The van der Waals surface area contributed by atoms with Crippen LogP contribution in [-0.2, 0) is 12.8 Å². The Morgan fingerprint density at radius 3 is 2.21 bits per heavy atom. The van der Waals surface area contributed by atoms with Gasteiger partial charge in [-0.1, -0.05) is 35.9 Å². The van der Waals surface area contributed by atoms with E-state index in [-0.39, 0.29) is 18.0 Å². The molecule has 2 aromatic carbocycles. The van der Waals surface area contributed by atoms with E-state index >= 15 is 0 Å². The molecule has 0 saturated heterocycles. The van der Waals surface area contributed by atoms with Crippen LogP contribution in [0.25, 0.3) is 0 Å². The van der Waals surface area contributed by atoms with Gasteiger partial charge in [-0.15, -0.1) is 0 Å². The van der Waals surface area contributed by atoms with Gasteiger partial charge in [-0.3, -0.25) is 0 Å². The third-order valence-electron chi connectivity index (χ3n) is 2.97. The molecule has 100 valence electrons. The molecule has 0 radical (unpaired) electrons. The SMILES string of the molecule is NC(Cc1ccccc1Cl)Cc1c(F)cccc1F. The van der Waals surface area contributed by atoms with Crippen LogP contribution >= 0.6 is 11.6 Å². The Bertz CT molecular complexity index is 552. The monoisotopic (exact) mass is 281 g/mol. The summed E-state index contributed by atoms with van der Waals surface area (Å²) >= 11 is 6.03. The first-order valence-electron chi connectivity index (χ1n) is 6.00. The summed E-state index contributed by atoms with van der Waals surface area (Å²) in [5, 5.41) is 0.618. The van der Waals surface area contributed by atoms with Gasteiger partial charge in [0.25, 0.3) is 0 Å². The van der Waals surface area contributed by atoms with Crippen molar-refractivity contribution in [3.63, 3.8) is 0 Å². The first kappa shape index (κ1) is 14.0. The number of benzene rings is 2. The van der Waals surface area contributed by atoms with Crippen molar-refractivity contribution in [3.8, 4) is 0 Å². The average molecular weight is 282 g/mol. The van der Waals surface area contributed by atoms with Crippen molar-refractivity contribution in [1.82, 2.24) is 0 Å². The minimum absolute atomic E-state index is 0.0297. The molecule has 0 spiro atoms. The fourth-order valence-electron chi connectivity index (χ4n) is 2.01. The van der Waals surface area contributed by atoms with Crippen molar-refractivity contribution in [1.29, 1.82) is 0 Å². The van der Waals surface area contributed by atoms with Crippen molar-refractivity contribution in [3.05, 3.63) is 70.2 Å². The predicted octanol–water partition coefficient (Wildman–Crippen LogP) is 3.73. The summed E-state index contributed by atoms with van der Waals surface area (Å²) in [4.78, 5) is 0. The van der Waals surface area contributed by atoms with Gasteiger partial charge >= 0.3 is 0 Å². The molecule has 0 heterocycles. The van der Waals surface area contributed by atoms with Gasteiger partial charge in [0.2, 0.25) is 0 Å². The Morgan fingerprint density at radius 1 is 0.947 bits per heavy atom. The van der Waals surface area contributed by atoms with Crippen LogP contribution in [0.4, 0.5) is 8.78 Å². The smallest absolute Gasteiger partial charge is 0.129 e. The fraction of sp³-hybridized carbons (Fsp3) is 0.200. The molecule has 0 fully saturated rings. The Morgan fingerprint density at radius 2 is 1.58 bits per heavy atom. The van der Waals surface area contributed by atoms with Crippen LogP contribution in [0, 0.1) is 11.6 Å². The molecule has 4 heteroatoms.